The van der Waals surface area contributed by atoms with Crippen molar-refractivity contribution in [1.29, 1.82) is 0 Å². The molecule has 2 N–H and O–H groups in total. The first-order valence-electron chi connectivity index (χ1n) is 7.18. The summed E-state index contributed by atoms with van der Waals surface area (Å²) in [4.78, 5) is 0. The first-order valence-corrected chi connectivity index (χ1v) is 7.18. The van der Waals surface area contributed by atoms with E-state index >= 15 is 0 Å². The topological polar surface area (TPSA) is 44.5 Å². The fourth-order valence-electron chi connectivity index (χ4n) is 3.35. The van der Waals surface area contributed by atoms with Crippen LogP contribution in [-0.2, 0) is 5.41 Å². The molecule has 0 unspecified atom stereocenters. The van der Waals surface area contributed by atoms with Crippen molar-refractivity contribution in [3.8, 4) is 11.5 Å². The average Bonchev–Trinajstić information content (AvgIpc) is 2.47. The first kappa shape index (κ1) is 14.2. The third kappa shape index (κ3) is 2.86. The average molecular weight is 263 g/mol. The summed E-state index contributed by atoms with van der Waals surface area (Å²) in [7, 11) is 3.37. The van der Waals surface area contributed by atoms with Gasteiger partial charge in [-0.15, -0.1) is 0 Å². The van der Waals surface area contributed by atoms with Gasteiger partial charge in [0, 0.05) is 0 Å². The standard InChI is InChI=1S/C16H25NO2/c1-18-14-7-6-13(12-15(14)19-2)16(10-11-17)8-4-3-5-9-16/h6-7,12H,3-5,8-11,17H2,1-2H3. The normalized spacial score (nSPS) is 18.1. The number of hydrogen-bond acceptors (Lipinski definition) is 3. The van der Waals surface area contributed by atoms with E-state index in [1.54, 1.807) is 14.2 Å². The highest BCUT2D eigenvalue weighted by Crippen LogP contribution is 2.44. The zero-order chi connectivity index (χ0) is 13.7. The fraction of sp³-hybridized carbons (Fsp3) is 0.625. The summed E-state index contributed by atoms with van der Waals surface area (Å²) in [6.07, 6.45) is 7.48. The van der Waals surface area contributed by atoms with Crippen LogP contribution in [0.5, 0.6) is 11.5 Å². The Hall–Kier alpha value is -1.22. The van der Waals surface area contributed by atoms with E-state index in [1.807, 2.05) is 6.07 Å². The molecule has 3 nitrogen and oxygen atoms in total. The molecule has 3 heteroatoms. The maximum absolute atomic E-state index is 5.85. The van der Waals surface area contributed by atoms with Crippen LogP contribution in [0.4, 0.5) is 0 Å². The quantitative estimate of drug-likeness (QED) is 0.887. The molecule has 0 atom stereocenters. The Labute approximate surface area is 116 Å². The molecule has 2 rings (SSSR count). The van der Waals surface area contributed by atoms with Crippen LogP contribution in [-0.4, -0.2) is 20.8 Å². The van der Waals surface area contributed by atoms with Gasteiger partial charge in [0.15, 0.2) is 11.5 Å². The minimum absolute atomic E-state index is 0.243. The monoisotopic (exact) mass is 263 g/mol. The Morgan fingerprint density at radius 1 is 1.05 bits per heavy atom. The molecule has 0 radical (unpaired) electrons. The summed E-state index contributed by atoms with van der Waals surface area (Å²) < 4.78 is 10.8. The largest absolute Gasteiger partial charge is 0.493 e. The second-order valence-corrected chi connectivity index (χ2v) is 5.45. The third-order valence-corrected chi connectivity index (χ3v) is 4.43. The van der Waals surface area contributed by atoms with E-state index in [9.17, 15) is 0 Å². The van der Waals surface area contributed by atoms with Crippen LogP contribution in [0.3, 0.4) is 0 Å². The molecule has 0 aliphatic heterocycles. The van der Waals surface area contributed by atoms with E-state index in [4.69, 9.17) is 15.2 Å². The van der Waals surface area contributed by atoms with Gasteiger partial charge in [0.2, 0.25) is 0 Å². The maximum atomic E-state index is 5.85. The summed E-state index contributed by atoms with van der Waals surface area (Å²) in [5, 5.41) is 0. The van der Waals surface area contributed by atoms with Gasteiger partial charge in [0.25, 0.3) is 0 Å². The minimum Gasteiger partial charge on any atom is -0.493 e. The zero-order valence-corrected chi connectivity index (χ0v) is 12.1. The molecule has 0 aromatic heterocycles. The van der Waals surface area contributed by atoms with Gasteiger partial charge in [-0.2, -0.15) is 0 Å². The van der Waals surface area contributed by atoms with Crippen molar-refractivity contribution in [3.05, 3.63) is 23.8 Å². The van der Waals surface area contributed by atoms with Crippen LogP contribution < -0.4 is 15.2 Å². The van der Waals surface area contributed by atoms with Crippen LogP contribution in [0.2, 0.25) is 0 Å². The molecule has 0 bridgehead atoms. The van der Waals surface area contributed by atoms with E-state index in [0.29, 0.717) is 0 Å². The predicted molar refractivity (Wildman–Crippen MR) is 78.0 cm³/mol. The zero-order valence-electron chi connectivity index (χ0n) is 12.1. The van der Waals surface area contributed by atoms with Gasteiger partial charge in [-0.3, -0.25) is 0 Å². The number of rotatable bonds is 5. The lowest BCUT2D eigenvalue weighted by Gasteiger charge is -2.38. The van der Waals surface area contributed by atoms with Crippen molar-refractivity contribution in [2.75, 3.05) is 20.8 Å². The summed E-state index contributed by atoms with van der Waals surface area (Å²) in [6, 6.07) is 6.34. The van der Waals surface area contributed by atoms with E-state index in [0.717, 1.165) is 24.5 Å². The van der Waals surface area contributed by atoms with Crippen LogP contribution in [0.1, 0.15) is 44.1 Å². The van der Waals surface area contributed by atoms with Crippen molar-refractivity contribution in [1.82, 2.24) is 0 Å². The predicted octanol–water partition coefficient (Wildman–Crippen LogP) is 3.25. The number of nitrogens with two attached hydrogens (primary N) is 1. The van der Waals surface area contributed by atoms with Crippen molar-refractivity contribution in [3.63, 3.8) is 0 Å². The Morgan fingerprint density at radius 2 is 1.74 bits per heavy atom. The van der Waals surface area contributed by atoms with E-state index in [-0.39, 0.29) is 5.41 Å². The molecule has 0 amide bonds. The Kier molecular flexibility index (Phi) is 4.70. The molecule has 1 saturated carbocycles. The molecule has 1 fully saturated rings. The smallest absolute Gasteiger partial charge is 0.161 e. The van der Waals surface area contributed by atoms with E-state index < -0.39 is 0 Å². The van der Waals surface area contributed by atoms with Crippen LogP contribution in [0.25, 0.3) is 0 Å². The maximum Gasteiger partial charge on any atom is 0.161 e. The van der Waals surface area contributed by atoms with Crippen molar-refractivity contribution < 1.29 is 9.47 Å². The SMILES string of the molecule is COc1ccc(C2(CCN)CCCCC2)cc1OC. The van der Waals surface area contributed by atoms with Gasteiger partial charge >= 0.3 is 0 Å². The second kappa shape index (κ2) is 6.29. The van der Waals surface area contributed by atoms with Crippen molar-refractivity contribution in [2.24, 2.45) is 5.73 Å². The van der Waals surface area contributed by atoms with E-state index in [1.165, 1.54) is 37.7 Å². The lowest BCUT2D eigenvalue weighted by molar-refractivity contribution is 0.275. The molecule has 1 aliphatic rings. The van der Waals surface area contributed by atoms with Gasteiger partial charge in [0.1, 0.15) is 0 Å². The summed E-state index contributed by atoms with van der Waals surface area (Å²) >= 11 is 0. The van der Waals surface area contributed by atoms with Gasteiger partial charge in [-0.1, -0.05) is 25.3 Å². The number of hydrogen-bond donors (Lipinski definition) is 1. The van der Waals surface area contributed by atoms with Crippen LogP contribution in [0.15, 0.2) is 18.2 Å². The fourth-order valence-corrected chi connectivity index (χ4v) is 3.35. The summed E-state index contributed by atoms with van der Waals surface area (Å²) in [6.45, 7) is 0.744. The molecule has 106 valence electrons. The van der Waals surface area contributed by atoms with Crippen molar-refractivity contribution in [2.45, 2.75) is 43.9 Å². The van der Waals surface area contributed by atoms with Crippen LogP contribution in [0, 0.1) is 0 Å². The molecule has 1 aliphatic carbocycles. The van der Waals surface area contributed by atoms with Gasteiger partial charge in [-0.25, -0.2) is 0 Å². The van der Waals surface area contributed by atoms with Gasteiger partial charge < -0.3 is 15.2 Å². The minimum atomic E-state index is 0.243. The molecule has 0 heterocycles. The molecule has 0 spiro atoms. The van der Waals surface area contributed by atoms with Gasteiger partial charge in [0.05, 0.1) is 14.2 Å². The molecular weight excluding hydrogens is 238 g/mol. The highest BCUT2D eigenvalue weighted by atomic mass is 16.5. The first-order chi connectivity index (χ1) is 9.25. The lowest BCUT2D eigenvalue weighted by atomic mass is 9.67. The molecule has 19 heavy (non-hydrogen) atoms. The molecule has 1 aromatic rings. The Balaban J connectivity index is 2.36. The highest BCUT2D eigenvalue weighted by Gasteiger charge is 2.33. The second-order valence-electron chi connectivity index (χ2n) is 5.45. The molecule has 1 aromatic carbocycles. The van der Waals surface area contributed by atoms with Crippen LogP contribution >= 0.6 is 0 Å². The number of benzene rings is 1. The molecule has 0 saturated heterocycles. The van der Waals surface area contributed by atoms with Crippen molar-refractivity contribution >= 4 is 0 Å². The number of ether oxygens (including phenoxy) is 2. The third-order valence-electron chi connectivity index (χ3n) is 4.43. The summed E-state index contributed by atoms with van der Waals surface area (Å²) in [5.41, 5.74) is 7.45. The molecular formula is C16H25NO2. The Morgan fingerprint density at radius 3 is 2.32 bits per heavy atom. The summed E-state index contributed by atoms with van der Waals surface area (Å²) in [5.74, 6) is 1.62. The highest BCUT2D eigenvalue weighted by molar-refractivity contribution is 5.45. The Bertz CT molecular complexity index is 406. The van der Waals surface area contributed by atoms with E-state index in [2.05, 4.69) is 12.1 Å². The number of methoxy groups -OCH3 is 2. The lowest BCUT2D eigenvalue weighted by Crippen LogP contribution is -2.31. The van der Waals surface area contributed by atoms with Gasteiger partial charge in [-0.05, 0) is 48.9 Å².